The molecule has 6 nitrogen and oxygen atoms in total. The Morgan fingerprint density at radius 3 is 2.35 bits per heavy atom. The summed E-state index contributed by atoms with van der Waals surface area (Å²) in [6, 6.07) is 19.1. The molecule has 0 atom stereocenters. The number of aryl methyl sites for hydroxylation is 2. The van der Waals surface area contributed by atoms with E-state index in [4.69, 9.17) is 19.2 Å². The normalized spacial score (nSPS) is 11.1. The Bertz CT molecular complexity index is 1340. The smallest absolute Gasteiger partial charge is 0.261 e. The highest BCUT2D eigenvalue weighted by molar-refractivity contribution is 5.79. The standard InChI is InChI=1S/C28H30N2O4/c1-19-9-10-20(2)26(21(19)3)34-18-17-33-16-15-30-27(22-11-13-23(32-4)14-12-22)29-25-8-6-5-7-24(25)28(30)31/h5-14H,15-18H2,1-4H3. The van der Waals surface area contributed by atoms with E-state index in [-0.39, 0.29) is 5.56 Å². The van der Waals surface area contributed by atoms with Crippen LogP contribution in [0, 0.1) is 20.8 Å². The third kappa shape index (κ3) is 4.97. The summed E-state index contributed by atoms with van der Waals surface area (Å²) in [5.41, 5.74) is 4.90. The minimum Gasteiger partial charge on any atom is -0.497 e. The van der Waals surface area contributed by atoms with Crippen molar-refractivity contribution in [2.24, 2.45) is 0 Å². The average Bonchev–Trinajstić information content (AvgIpc) is 2.86. The molecule has 0 unspecified atom stereocenters. The molecule has 34 heavy (non-hydrogen) atoms. The molecule has 1 heterocycles. The summed E-state index contributed by atoms with van der Waals surface area (Å²) in [5, 5.41) is 0.591. The number of benzene rings is 3. The summed E-state index contributed by atoms with van der Waals surface area (Å²) in [6.07, 6.45) is 0. The highest BCUT2D eigenvalue weighted by Gasteiger charge is 2.13. The molecule has 0 aliphatic heterocycles. The molecule has 0 aliphatic rings. The van der Waals surface area contributed by atoms with Gasteiger partial charge in [0.25, 0.3) is 5.56 Å². The second-order valence-electron chi connectivity index (χ2n) is 8.25. The highest BCUT2D eigenvalue weighted by atomic mass is 16.5. The number of ether oxygens (including phenoxy) is 3. The lowest BCUT2D eigenvalue weighted by Gasteiger charge is -2.15. The van der Waals surface area contributed by atoms with Crippen LogP contribution in [0.1, 0.15) is 16.7 Å². The Morgan fingerprint density at radius 1 is 0.853 bits per heavy atom. The van der Waals surface area contributed by atoms with Crippen LogP contribution < -0.4 is 15.0 Å². The van der Waals surface area contributed by atoms with Gasteiger partial charge < -0.3 is 14.2 Å². The number of methoxy groups -OCH3 is 1. The summed E-state index contributed by atoms with van der Waals surface area (Å²) in [5.74, 6) is 2.28. The molecule has 0 saturated carbocycles. The molecule has 0 N–H and O–H groups in total. The van der Waals surface area contributed by atoms with Gasteiger partial charge in [-0.3, -0.25) is 9.36 Å². The van der Waals surface area contributed by atoms with Gasteiger partial charge in [0.05, 0.1) is 37.8 Å². The molecule has 1 aromatic heterocycles. The molecule has 0 saturated heterocycles. The van der Waals surface area contributed by atoms with Gasteiger partial charge in [0.1, 0.15) is 23.9 Å². The Labute approximate surface area is 199 Å². The van der Waals surface area contributed by atoms with Gasteiger partial charge in [-0.25, -0.2) is 4.98 Å². The lowest BCUT2D eigenvalue weighted by molar-refractivity contribution is 0.0936. The summed E-state index contributed by atoms with van der Waals surface area (Å²) in [4.78, 5) is 18.1. The third-order valence-electron chi connectivity index (χ3n) is 6.02. The minimum atomic E-state index is -0.0812. The molecule has 4 aromatic rings. The van der Waals surface area contributed by atoms with Crippen LogP contribution >= 0.6 is 0 Å². The molecule has 0 radical (unpaired) electrons. The second-order valence-corrected chi connectivity index (χ2v) is 8.25. The van der Waals surface area contributed by atoms with Gasteiger partial charge in [-0.1, -0.05) is 24.3 Å². The van der Waals surface area contributed by atoms with E-state index in [9.17, 15) is 4.79 Å². The van der Waals surface area contributed by atoms with Gasteiger partial charge in [0.2, 0.25) is 0 Å². The van der Waals surface area contributed by atoms with E-state index in [2.05, 4.69) is 26.0 Å². The van der Waals surface area contributed by atoms with E-state index in [1.165, 1.54) is 5.56 Å². The van der Waals surface area contributed by atoms with Gasteiger partial charge in [-0.2, -0.15) is 0 Å². The summed E-state index contributed by atoms with van der Waals surface area (Å²) in [7, 11) is 1.63. The van der Waals surface area contributed by atoms with Crippen molar-refractivity contribution < 1.29 is 14.2 Å². The molecule has 6 heteroatoms. The zero-order valence-corrected chi connectivity index (χ0v) is 20.1. The van der Waals surface area contributed by atoms with Crippen molar-refractivity contribution in [2.45, 2.75) is 27.3 Å². The van der Waals surface area contributed by atoms with Gasteiger partial charge in [-0.15, -0.1) is 0 Å². The van der Waals surface area contributed by atoms with Crippen molar-refractivity contribution in [3.05, 3.63) is 87.7 Å². The number of para-hydroxylation sites is 1. The first kappa shape index (κ1) is 23.5. The molecular weight excluding hydrogens is 428 g/mol. The average molecular weight is 459 g/mol. The van der Waals surface area contributed by atoms with E-state index >= 15 is 0 Å². The molecule has 3 aromatic carbocycles. The van der Waals surface area contributed by atoms with Crippen LogP contribution in [0.4, 0.5) is 0 Å². The van der Waals surface area contributed by atoms with E-state index in [1.54, 1.807) is 17.7 Å². The Morgan fingerprint density at radius 2 is 1.59 bits per heavy atom. The fraction of sp³-hybridized carbons (Fsp3) is 0.286. The maximum Gasteiger partial charge on any atom is 0.261 e. The number of fused-ring (bicyclic) bond motifs is 1. The summed E-state index contributed by atoms with van der Waals surface area (Å²) < 4.78 is 18.8. The number of hydrogen-bond acceptors (Lipinski definition) is 5. The van der Waals surface area contributed by atoms with E-state index in [0.29, 0.717) is 43.1 Å². The molecule has 0 spiro atoms. The maximum atomic E-state index is 13.3. The predicted molar refractivity (Wildman–Crippen MR) is 135 cm³/mol. The molecule has 0 amide bonds. The van der Waals surface area contributed by atoms with E-state index < -0.39 is 0 Å². The molecular formula is C28H30N2O4. The molecule has 4 rings (SSSR count). The van der Waals surface area contributed by atoms with Gasteiger partial charge in [0.15, 0.2) is 0 Å². The molecule has 0 fully saturated rings. The van der Waals surface area contributed by atoms with Crippen molar-refractivity contribution >= 4 is 10.9 Å². The van der Waals surface area contributed by atoms with Crippen LogP contribution in [-0.2, 0) is 11.3 Å². The van der Waals surface area contributed by atoms with Gasteiger partial charge in [-0.05, 0) is 73.9 Å². The number of nitrogens with zero attached hydrogens (tertiary/aromatic N) is 2. The Balaban J connectivity index is 1.47. The molecule has 176 valence electrons. The van der Waals surface area contributed by atoms with Crippen LogP contribution in [0.25, 0.3) is 22.3 Å². The summed E-state index contributed by atoms with van der Waals surface area (Å²) in [6.45, 7) is 7.83. The second kappa shape index (κ2) is 10.5. The monoisotopic (exact) mass is 458 g/mol. The molecule has 0 aliphatic carbocycles. The molecule has 0 bridgehead atoms. The zero-order valence-electron chi connectivity index (χ0n) is 20.1. The largest absolute Gasteiger partial charge is 0.497 e. The third-order valence-corrected chi connectivity index (χ3v) is 6.02. The van der Waals surface area contributed by atoms with Crippen LogP contribution in [0.15, 0.2) is 65.5 Å². The van der Waals surface area contributed by atoms with Crippen LogP contribution in [0.5, 0.6) is 11.5 Å². The van der Waals surface area contributed by atoms with E-state index in [0.717, 1.165) is 28.2 Å². The number of rotatable bonds is 9. The predicted octanol–water partition coefficient (Wildman–Crippen LogP) is 5.09. The lowest BCUT2D eigenvalue weighted by atomic mass is 10.1. The van der Waals surface area contributed by atoms with Crippen molar-refractivity contribution in [2.75, 3.05) is 26.9 Å². The lowest BCUT2D eigenvalue weighted by Crippen LogP contribution is -2.26. The van der Waals surface area contributed by atoms with Crippen molar-refractivity contribution in [3.63, 3.8) is 0 Å². The first-order valence-electron chi connectivity index (χ1n) is 11.4. The fourth-order valence-corrected chi connectivity index (χ4v) is 3.94. The number of hydrogen-bond donors (Lipinski definition) is 0. The summed E-state index contributed by atoms with van der Waals surface area (Å²) >= 11 is 0. The van der Waals surface area contributed by atoms with Crippen LogP contribution in [0.2, 0.25) is 0 Å². The quantitative estimate of drug-likeness (QED) is 0.327. The van der Waals surface area contributed by atoms with E-state index in [1.807, 2.05) is 49.4 Å². The number of aromatic nitrogens is 2. The van der Waals surface area contributed by atoms with Gasteiger partial charge >= 0.3 is 0 Å². The Hall–Kier alpha value is -3.64. The Kier molecular flexibility index (Phi) is 7.28. The zero-order chi connectivity index (χ0) is 24.1. The van der Waals surface area contributed by atoms with Crippen LogP contribution in [0.3, 0.4) is 0 Å². The van der Waals surface area contributed by atoms with Crippen molar-refractivity contribution in [1.29, 1.82) is 0 Å². The van der Waals surface area contributed by atoms with Crippen molar-refractivity contribution in [3.8, 4) is 22.9 Å². The minimum absolute atomic E-state index is 0.0812. The van der Waals surface area contributed by atoms with Crippen LogP contribution in [-0.4, -0.2) is 36.5 Å². The first-order chi connectivity index (χ1) is 16.5. The topological polar surface area (TPSA) is 62.6 Å². The van der Waals surface area contributed by atoms with Gasteiger partial charge in [0, 0.05) is 5.56 Å². The first-order valence-corrected chi connectivity index (χ1v) is 11.4. The highest BCUT2D eigenvalue weighted by Crippen LogP contribution is 2.25. The SMILES string of the molecule is COc1ccc(-c2nc3ccccc3c(=O)n2CCOCCOc2c(C)ccc(C)c2C)cc1. The van der Waals surface area contributed by atoms with Crippen molar-refractivity contribution in [1.82, 2.24) is 9.55 Å². The maximum absolute atomic E-state index is 13.3. The fourth-order valence-electron chi connectivity index (χ4n) is 3.94.